The van der Waals surface area contributed by atoms with Gasteiger partial charge in [0.1, 0.15) is 0 Å². The van der Waals surface area contributed by atoms with Crippen molar-refractivity contribution in [3.05, 3.63) is 52.6 Å². The Labute approximate surface area is 142 Å². The molecule has 6 heteroatoms. The second-order valence-corrected chi connectivity index (χ2v) is 5.63. The fourth-order valence-corrected chi connectivity index (χ4v) is 2.49. The normalized spacial score (nSPS) is 10.8. The first-order valence-corrected chi connectivity index (χ1v) is 8.18. The Morgan fingerprint density at radius 1 is 1.17 bits per heavy atom. The Kier molecular flexibility index (Phi) is 6.26. The van der Waals surface area contributed by atoms with Crippen LogP contribution in [0.5, 0.6) is 0 Å². The zero-order valence-corrected chi connectivity index (χ0v) is 14.5. The molecule has 1 amide bonds. The van der Waals surface area contributed by atoms with Gasteiger partial charge in [-0.3, -0.25) is 9.59 Å². The molecule has 0 atom stereocenters. The van der Waals surface area contributed by atoms with Gasteiger partial charge in [-0.25, -0.2) is 4.98 Å². The van der Waals surface area contributed by atoms with Crippen LogP contribution in [-0.2, 0) is 0 Å². The average molecular weight is 328 g/mol. The van der Waals surface area contributed by atoms with Gasteiger partial charge < -0.3 is 14.8 Å². The highest BCUT2D eigenvalue weighted by Crippen LogP contribution is 2.17. The molecule has 0 spiro atoms. The van der Waals surface area contributed by atoms with E-state index in [9.17, 15) is 9.59 Å². The second-order valence-electron chi connectivity index (χ2n) is 5.63. The Hall–Kier alpha value is -2.47. The van der Waals surface area contributed by atoms with E-state index in [1.165, 1.54) is 12.4 Å². The predicted molar refractivity (Wildman–Crippen MR) is 95.0 cm³/mol. The number of carbonyl (C=O) groups is 1. The molecule has 128 valence electrons. The van der Waals surface area contributed by atoms with Gasteiger partial charge in [-0.1, -0.05) is 26.0 Å². The monoisotopic (exact) mass is 328 g/mol. The first-order chi connectivity index (χ1) is 11.5. The number of carbonyl (C=O) groups excluding carboxylic acids is 1. The van der Waals surface area contributed by atoms with Crippen LogP contribution in [0.1, 0.15) is 24.2 Å². The quantitative estimate of drug-likeness (QED) is 0.842. The lowest BCUT2D eigenvalue weighted by Crippen LogP contribution is -2.36. The third-order valence-corrected chi connectivity index (χ3v) is 4.08. The number of H-pyrrole nitrogens is 1. The molecule has 2 rings (SSSR count). The lowest BCUT2D eigenvalue weighted by molar-refractivity contribution is 0.0780. The van der Waals surface area contributed by atoms with Crippen molar-refractivity contribution in [3.8, 4) is 11.3 Å². The van der Waals surface area contributed by atoms with E-state index in [-0.39, 0.29) is 11.5 Å². The first-order valence-electron chi connectivity index (χ1n) is 8.18. The van der Waals surface area contributed by atoms with E-state index in [0.29, 0.717) is 17.8 Å². The van der Waals surface area contributed by atoms with Gasteiger partial charge in [0.25, 0.3) is 11.5 Å². The maximum atomic E-state index is 12.6. The average Bonchev–Trinajstić information content (AvgIpc) is 2.62. The summed E-state index contributed by atoms with van der Waals surface area (Å²) in [6, 6.07) is 8.64. The molecule has 0 aliphatic rings. The molecule has 2 aromatic rings. The molecule has 0 saturated heterocycles. The smallest absolute Gasteiger partial charge is 0.253 e. The van der Waals surface area contributed by atoms with Gasteiger partial charge in [-0.05, 0) is 25.2 Å². The van der Waals surface area contributed by atoms with Crippen LogP contribution in [0.2, 0.25) is 0 Å². The second kappa shape index (κ2) is 8.40. The molecule has 0 radical (unpaired) electrons. The van der Waals surface area contributed by atoms with Crippen molar-refractivity contribution in [2.24, 2.45) is 0 Å². The van der Waals surface area contributed by atoms with Crippen LogP contribution in [0.25, 0.3) is 11.3 Å². The SMILES string of the molecule is CCN(CC)CCN(C)C(=O)c1cccc(-c2cc(=O)[nH]cn2)c1. The first kappa shape index (κ1) is 17.9. The fourth-order valence-electron chi connectivity index (χ4n) is 2.49. The lowest BCUT2D eigenvalue weighted by atomic mass is 10.1. The van der Waals surface area contributed by atoms with Crippen molar-refractivity contribution in [2.45, 2.75) is 13.8 Å². The van der Waals surface area contributed by atoms with Crippen molar-refractivity contribution in [3.63, 3.8) is 0 Å². The number of hydrogen-bond acceptors (Lipinski definition) is 4. The van der Waals surface area contributed by atoms with Gasteiger partial charge >= 0.3 is 0 Å². The third kappa shape index (κ3) is 4.52. The predicted octanol–water partition coefficient (Wildman–Crippen LogP) is 1.85. The highest BCUT2D eigenvalue weighted by Gasteiger charge is 2.13. The summed E-state index contributed by atoms with van der Waals surface area (Å²) in [5, 5.41) is 0. The molecular formula is C18H24N4O2. The molecule has 0 aliphatic carbocycles. The van der Waals surface area contributed by atoms with Gasteiger partial charge in [-0.15, -0.1) is 0 Å². The number of amides is 1. The number of aromatic nitrogens is 2. The molecule has 0 saturated carbocycles. The number of hydrogen-bond donors (Lipinski definition) is 1. The van der Waals surface area contributed by atoms with Gasteiger partial charge in [0, 0.05) is 37.3 Å². The molecule has 1 aromatic heterocycles. The summed E-state index contributed by atoms with van der Waals surface area (Å²) in [7, 11) is 1.81. The van der Waals surface area contributed by atoms with Crippen LogP contribution in [0.3, 0.4) is 0 Å². The molecule has 0 unspecified atom stereocenters. The number of aromatic amines is 1. The summed E-state index contributed by atoms with van der Waals surface area (Å²) in [6.07, 6.45) is 1.36. The topological polar surface area (TPSA) is 69.3 Å². The van der Waals surface area contributed by atoms with Gasteiger partial charge in [0.2, 0.25) is 0 Å². The number of benzene rings is 1. The summed E-state index contributed by atoms with van der Waals surface area (Å²) >= 11 is 0. The summed E-state index contributed by atoms with van der Waals surface area (Å²) in [6.45, 7) is 7.70. The molecule has 0 aliphatic heterocycles. The number of likely N-dealkylation sites (N-methyl/N-ethyl adjacent to an activating group) is 2. The molecule has 6 nitrogen and oxygen atoms in total. The zero-order chi connectivity index (χ0) is 17.5. The highest BCUT2D eigenvalue weighted by molar-refractivity contribution is 5.95. The minimum atomic E-state index is -0.215. The van der Waals surface area contributed by atoms with E-state index < -0.39 is 0 Å². The van der Waals surface area contributed by atoms with Crippen LogP contribution < -0.4 is 5.56 Å². The van der Waals surface area contributed by atoms with Gasteiger partial charge in [0.15, 0.2) is 0 Å². The maximum Gasteiger partial charge on any atom is 0.253 e. The van der Waals surface area contributed by atoms with Crippen LogP contribution in [0, 0.1) is 0 Å². The van der Waals surface area contributed by atoms with Crippen molar-refractivity contribution in [1.29, 1.82) is 0 Å². The molecule has 1 N–H and O–H groups in total. The van der Waals surface area contributed by atoms with Crippen molar-refractivity contribution in [1.82, 2.24) is 19.8 Å². The van der Waals surface area contributed by atoms with Crippen molar-refractivity contribution >= 4 is 5.91 Å². The van der Waals surface area contributed by atoms with E-state index in [4.69, 9.17) is 0 Å². The molecule has 0 bridgehead atoms. The number of nitrogens with zero attached hydrogens (tertiary/aromatic N) is 3. The van der Waals surface area contributed by atoms with Crippen molar-refractivity contribution < 1.29 is 4.79 Å². The van der Waals surface area contributed by atoms with Crippen LogP contribution >= 0.6 is 0 Å². The molecular weight excluding hydrogens is 304 g/mol. The van der Waals surface area contributed by atoms with Gasteiger partial charge in [-0.2, -0.15) is 0 Å². The van der Waals surface area contributed by atoms with E-state index in [1.54, 1.807) is 17.0 Å². The summed E-state index contributed by atoms with van der Waals surface area (Å²) < 4.78 is 0. The van der Waals surface area contributed by atoms with Crippen molar-refractivity contribution in [2.75, 3.05) is 33.2 Å². The fraction of sp³-hybridized carbons (Fsp3) is 0.389. The summed E-state index contributed by atoms with van der Waals surface area (Å²) in [5.74, 6) is -0.0335. The van der Waals surface area contributed by atoms with Gasteiger partial charge in [0.05, 0.1) is 12.0 Å². The summed E-state index contributed by atoms with van der Waals surface area (Å²) in [5.41, 5.74) is 1.69. The lowest BCUT2D eigenvalue weighted by Gasteiger charge is -2.23. The number of rotatable bonds is 7. The minimum Gasteiger partial charge on any atom is -0.340 e. The van der Waals surface area contributed by atoms with Crippen LogP contribution in [-0.4, -0.2) is 58.9 Å². The van der Waals surface area contributed by atoms with E-state index in [0.717, 1.165) is 25.2 Å². The van der Waals surface area contributed by atoms with Crippen LogP contribution in [0.15, 0.2) is 41.5 Å². The highest BCUT2D eigenvalue weighted by atomic mass is 16.2. The maximum absolute atomic E-state index is 12.6. The Balaban J connectivity index is 2.12. The Morgan fingerprint density at radius 3 is 2.58 bits per heavy atom. The molecule has 24 heavy (non-hydrogen) atoms. The molecule has 1 aromatic carbocycles. The molecule has 1 heterocycles. The largest absolute Gasteiger partial charge is 0.340 e. The van der Waals surface area contributed by atoms with E-state index >= 15 is 0 Å². The Bertz CT molecular complexity index is 738. The van der Waals surface area contributed by atoms with E-state index in [1.807, 2.05) is 19.2 Å². The Morgan fingerprint density at radius 2 is 1.92 bits per heavy atom. The zero-order valence-electron chi connectivity index (χ0n) is 14.5. The van der Waals surface area contributed by atoms with Crippen LogP contribution in [0.4, 0.5) is 0 Å². The minimum absolute atomic E-state index is 0.0335. The summed E-state index contributed by atoms with van der Waals surface area (Å²) in [4.78, 5) is 34.7. The number of nitrogens with one attached hydrogen (secondary N) is 1. The standard InChI is InChI=1S/C18H24N4O2/c1-4-22(5-2)10-9-21(3)18(24)15-8-6-7-14(11-15)16-12-17(23)20-13-19-16/h6-8,11-13H,4-5,9-10H2,1-3H3,(H,19,20,23). The molecule has 0 fully saturated rings. The third-order valence-electron chi connectivity index (χ3n) is 4.08. The van der Waals surface area contributed by atoms with E-state index in [2.05, 4.69) is 28.7 Å².